The lowest BCUT2D eigenvalue weighted by atomic mass is 10.1. The standard InChI is InChI=1S/C19H13F3N4O/c20-19(21,22)15-7-1-4-13(10-15)5-3-9-27-16-8-2-6-14(11-16)18-17(12-23)24-26-25-18/h1-8,10-11H,9H2,(H,24,25,26)/b5-3+. The SMILES string of the molecule is N#Cc1[nH]nnc1-c1cccc(OC/C=C/c2cccc(C(F)(F)F)c2)c1. The van der Waals surface area contributed by atoms with E-state index in [4.69, 9.17) is 10.00 Å². The third kappa shape index (κ3) is 4.52. The van der Waals surface area contributed by atoms with Crippen LogP contribution in [0.4, 0.5) is 13.2 Å². The first kappa shape index (κ1) is 18.2. The number of H-pyrrole nitrogens is 1. The minimum Gasteiger partial charge on any atom is -0.490 e. The summed E-state index contributed by atoms with van der Waals surface area (Å²) in [6.45, 7) is 0.170. The maximum absolute atomic E-state index is 12.7. The third-order valence-corrected chi connectivity index (χ3v) is 3.64. The van der Waals surface area contributed by atoms with Crippen molar-refractivity contribution >= 4 is 6.08 Å². The molecule has 2 aromatic carbocycles. The third-order valence-electron chi connectivity index (χ3n) is 3.64. The van der Waals surface area contributed by atoms with Gasteiger partial charge in [0.25, 0.3) is 0 Å². The van der Waals surface area contributed by atoms with Crippen LogP contribution >= 0.6 is 0 Å². The fraction of sp³-hybridized carbons (Fsp3) is 0.105. The van der Waals surface area contributed by atoms with E-state index in [1.54, 1.807) is 42.5 Å². The second-order valence-corrected chi connectivity index (χ2v) is 5.51. The van der Waals surface area contributed by atoms with Crippen LogP contribution in [-0.4, -0.2) is 22.0 Å². The molecule has 27 heavy (non-hydrogen) atoms. The highest BCUT2D eigenvalue weighted by molar-refractivity contribution is 5.65. The van der Waals surface area contributed by atoms with Gasteiger partial charge in [0.1, 0.15) is 24.1 Å². The van der Waals surface area contributed by atoms with Gasteiger partial charge in [0, 0.05) is 5.56 Å². The van der Waals surface area contributed by atoms with Gasteiger partial charge in [-0.3, -0.25) is 0 Å². The lowest BCUT2D eigenvalue weighted by Crippen LogP contribution is -2.04. The molecule has 1 aromatic heterocycles. The number of hydrogen-bond acceptors (Lipinski definition) is 4. The first-order chi connectivity index (χ1) is 13.0. The fourth-order valence-corrected chi connectivity index (χ4v) is 2.39. The number of nitrogens with one attached hydrogen (secondary N) is 1. The summed E-state index contributed by atoms with van der Waals surface area (Å²) in [7, 11) is 0. The molecule has 0 radical (unpaired) electrons. The number of ether oxygens (including phenoxy) is 1. The monoisotopic (exact) mass is 370 g/mol. The molecule has 3 rings (SSSR count). The van der Waals surface area contributed by atoms with Crippen molar-refractivity contribution in [1.82, 2.24) is 15.4 Å². The smallest absolute Gasteiger partial charge is 0.416 e. The Morgan fingerprint density at radius 2 is 1.96 bits per heavy atom. The van der Waals surface area contributed by atoms with Crippen LogP contribution in [0.15, 0.2) is 54.6 Å². The van der Waals surface area contributed by atoms with Gasteiger partial charge in [0.2, 0.25) is 0 Å². The molecule has 1 heterocycles. The van der Waals surface area contributed by atoms with Gasteiger partial charge in [-0.25, -0.2) is 5.10 Å². The summed E-state index contributed by atoms with van der Waals surface area (Å²) in [5.74, 6) is 0.535. The van der Waals surface area contributed by atoms with Gasteiger partial charge < -0.3 is 4.74 Å². The zero-order chi connectivity index (χ0) is 19.3. The van der Waals surface area contributed by atoms with Crippen molar-refractivity contribution in [1.29, 1.82) is 5.26 Å². The average Bonchev–Trinajstić information content (AvgIpc) is 3.14. The topological polar surface area (TPSA) is 74.6 Å². The van der Waals surface area contributed by atoms with Gasteiger partial charge in [-0.2, -0.15) is 18.4 Å². The van der Waals surface area contributed by atoms with Crippen LogP contribution < -0.4 is 4.74 Å². The minimum atomic E-state index is -4.37. The van der Waals surface area contributed by atoms with Gasteiger partial charge in [0.05, 0.1) is 5.56 Å². The number of hydrogen-bond donors (Lipinski definition) is 1. The summed E-state index contributed by atoms with van der Waals surface area (Å²) < 4.78 is 43.7. The number of nitriles is 1. The van der Waals surface area contributed by atoms with Crippen molar-refractivity contribution in [2.45, 2.75) is 6.18 Å². The van der Waals surface area contributed by atoms with Gasteiger partial charge >= 0.3 is 6.18 Å². The molecular formula is C19H13F3N4O. The van der Waals surface area contributed by atoms with Gasteiger partial charge in [-0.15, -0.1) is 5.10 Å². The van der Waals surface area contributed by atoms with Crippen molar-refractivity contribution in [3.8, 4) is 23.1 Å². The Labute approximate surface area is 152 Å². The summed E-state index contributed by atoms with van der Waals surface area (Å²) in [5.41, 5.74) is 1.07. The highest BCUT2D eigenvalue weighted by Crippen LogP contribution is 2.29. The van der Waals surface area contributed by atoms with E-state index in [9.17, 15) is 13.2 Å². The highest BCUT2D eigenvalue weighted by Gasteiger charge is 2.30. The molecule has 8 heteroatoms. The molecular weight excluding hydrogens is 357 g/mol. The van der Waals surface area contributed by atoms with Crippen molar-refractivity contribution in [3.05, 3.63) is 71.4 Å². The van der Waals surface area contributed by atoms with Crippen LogP contribution in [0.2, 0.25) is 0 Å². The first-order valence-electron chi connectivity index (χ1n) is 7.85. The molecule has 0 saturated heterocycles. The molecule has 0 aliphatic carbocycles. The number of benzene rings is 2. The Kier molecular flexibility index (Phi) is 5.22. The van der Waals surface area contributed by atoms with E-state index in [1.807, 2.05) is 6.07 Å². The summed E-state index contributed by atoms with van der Waals surface area (Å²) >= 11 is 0. The van der Waals surface area contributed by atoms with Crippen molar-refractivity contribution in [3.63, 3.8) is 0 Å². The van der Waals surface area contributed by atoms with E-state index in [-0.39, 0.29) is 12.3 Å². The second-order valence-electron chi connectivity index (χ2n) is 5.51. The van der Waals surface area contributed by atoms with Crippen molar-refractivity contribution < 1.29 is 17.9 Å². The Balaban J connectivity index is 1.65. The Morgan fingerprint density at radius 1 is 1.15 bits per heavy atom. The molecule has 0 aliphatic heterocycles. The van der Waals surface area contributed by atoms with E-state index >= 15 is 0 Å². The maximum Gasteiger partial charge on any atom is 0.416 e. The molecule has 0 spiro atoms. The number of rotatable bonds is 5. The molecule has 5 nitrogen and oxygen atoms in total. The average molecular weight is 370 g/mol. The second kappa shape index (κ2) is 7.74. The Morgan fingerprint density at radius 3 is 2.74 bits per heavy atom. The number of aromatic amines is 1. The largest absolute Gasteiger partial charge is 0.490 e. The number of nitrogens with zero attached hydrogens (tertiary/aromatic N) is 3. The molecule has 0 bridgehead atoms. The van der Waals surface area contributed by atoms with Gasteiger partial charge in [0.15, 0.2) is 5.69 Å². The summed E-state index contributed by atoms with van der Waals surface area (Å²) in [5, 5.41) is 19.0. The van der Waals surface area contributed by atoms with Crippen LogP contribution in [0, 0.1) is 11.3 Å². The van der Waals surface area contributed by atoms with Crippen LogP contribution in [-0.2, 0) is 6.18 Å². The van der Waals surface area contributed by atoms with E-state index in [0.29, 0.717) is 22.6 Å². The fourth-order valence-electron chi connectivity index (χ4n) is 2.39. The van der Waals surface area contributed by atoms with E-state index in [0.717, 1.165) is 12.1 Å². The summed E-state index contributed by atoms with van der Waals surface area (Å²) in [6.07, 6.45) is -1.19. The molecule has 3 aromatic rings. The van der Waals surface area contributed by atoms with Crippen molar-refractivity contribution in [2.24, 2.45) is 0 Å². The molecule has 0 saturated carbocycles. The molecule has 0 unspecified atom stereocenters. The van der Waals surface area contributed by atoms with Crippen LogP contribution in [0.5, 0.6) is 5.75 Å². The van der Waals surface area contributed by atoms with E-state index in [1.165, 1.54) is 6.07 Å². The van der Waals surface area contributed by atoms with Crippen LogP contribution in [0.25, 0.3) is 17.3 Å². The maximum atomic E-state index is 12.7. The molecule has 1 N–H and O–H groups in total. The predicted molar refractivity (Wildman–Crippen MR) is 92.5 cm³/mol. The molecule has 136 valence electrons. The number of halogens is 3. The quantitative estimate of drug-likeness (QED) is 0.720. The zero-order valence-corrected chi connectivity index (χ0v) is 13.9. The molecule has 0 aliphatic rings. The molecule has 0 fully saturated rings. The molecule has 0 atom stereocenters. The van der Waals surface area contributed by atoms with Gasteiger partial charge in [-0.05, 0) is 35.9 Å². The number of aromatic nitrogens is 3. The van der Waals surface area contributed by atoms with E-state index < -0.39 is 11.7 Å². The summed E-state index contributed by atoms with van der Waals surface area (Å²) in [6, 6.07) is 14.0. The highest BCUT2D eigenvalue weighted by atomic mass is 19.4. The Hall–Kier alpha value is -3.60. The normalized spacial score (nSPS) is 11.5. The summed E-state index contributed by atoms with van der Waals surface area (Å²) in [4.78, 5) is 0. The lowest BCUT2D eigenvalue weighted by Gasteiger charge is -2.07. The lowest BCUT2D eigenvalue weighted by molar-refractivity contribution is -0.137. The predicted octanol–water partition coefficient (Wildman–Crippen LogP) is 4.45. The van der Waals surface area contributed by atoms with Crippen LogP contribution in [0.1, 0.15) is 16.8 Å². The minimum absolute atomic E-state index is 0.170. The number of alkyl halides is 3. The molecule has 0 amide bonds. The van der Waals surface area contributed by atoms with Crippen molar-refractivity contribution in [2.75, 3.05) is 6.61 Å². The Bertz CT molecular complexity index is 1000. The van der Waals surface area contributed by atoms with Crippen LogP contribution in [0.3, 0.4) is 0 Å². The zero-order valence-electron chi connectivity index (χ0n) is 13.9. The van der Waals surface area contributed by atoms with Gasteiger partial charge in [-0.1, -0.05) is 35.6 Å². The van der Waals surface area contributed by atoms with E-state index in [2.05, 4.69) is 15.4 Å². The first-order valence-corrected chi connectivity index (χ1v) is 7.85.